The molecule has 0 unspecified atom stereocenters. The fraction of sp³-hybridized carbons (Fsp3) is 0.188. The molecule has 1 aliphatic rings. The summed E-state index contributed by atoms with van der Waals surface area (Å²) in [7, 11) is 0. The minimum absolute atomic E-state index is 0.241. The quantitative estimate of drug-likeness (QED) is 0.806. The van der Waals surface area contributed by atoms with Crippen molar-refractivity contribution in [3.05, 3.63) is 57.9 Å². The Morgan fingerprint density at radius 2 is 1.95 bits per heavy atom. The number of hydrogen-bond acceptors (Lipinski definition) is 2. The molecule has 0 heterocycles. The summed E-state index contributed by atoms with van der Waals surface area (Å²) in [6.07, 6.45) is 2.89. The average molecular weight is 288 g/mol. The normalized spacial score (nSPS) is 12.8. The summed E-state index contributed by atoms with van der Waals surface area (Å²) < 4.78 is 19.2. The van der Waals surface area contributed by atoms with E-state index in [9.17, 15) is 4.39 Å². The van der Waals surface area contributed by atoms with Gasteiger partial charge < -0.3 is 4.74 Å². The van der Waals surface area contributed by atoms with Crippen LogP contribution in [0.3, 0.4) is 0 Å². The Balaban J connectivity index is 1.99. The Morgan fingerprint density at radius 1 is 1.15 bits per heavy atom. The molecule has 1 aliphatic carbocycles. The second-order valence-corrected chi connectivity index (χ2v) is 5.15. The third-order valence-electron chi connectivity index (χ3n) is 3.41. The number of hydrogen-bond donors (Lipinski definition) is 0. The van der Waals surface area contributed by atoms with Crippen LogP contribution in [0, 0.1) is 17.1 Å². The third-order valence-corrected chi connectivity index (χ3v) is 3.77. The lowest BCUT2D eigenvalue weighted by Gasteiger charge is -2.12. The maximum Gasteiger partial charge on any atom is 0.131 e. The Bertz CT molecular complexity index is 721. The van der Waals surface area contributed by atoms with Crippen molar-refractivity contribution in [2.45, 2.75) is 19.3 Å². The van der Waals surface area contributed by atoms with Gasteiger partial charge in [-0.2, -0.15) is 5.26 Å². The van der Waals surface area contributed by atoms with E-state index in [4.69, 9.17) is 21.6 Å². The zero-order valence-electron chi connectivity index (χ0n) is 10.6. The number of ether oxygens (including phenoxy) is 1. The fourth-order valence-electron chi connectivity index (χ4n) is 2.54. The van der Waals surface area contributed by atoms with Crippen LogP contribution in [0.5, 0.6) is 11.5 Å². The molecule has 0 spiro atoms. The van der Waals surface area contributed by atoms with Gasteiger partial charge in [0.2, 0.25) is 0 Å². The molecule has 0 radical (unpaired) electrons. The van der Waals surface area contributed by atoms with Gasteiger partial charge in [-0.25, -0.2) is 4.39 Å². The van der Waals surface area contributed by atoms with Crippen molar-refractivity contribution in [3.63, 3.8) is 0 Å². The van der Waals surface area contributed by atoms with E-state index >= 15 is 0 Å². The predicted octanol–water partition coefficient (Wildman–Crippen LogP) is 4.63. The van der Waals surface area contributed by atoms with E-state index in [1.807, 2.05) is 6.07 Å². The van der Waals surface area contributed by atoms with Gasteiger partial charge in [0.25, 0.3) is 0 Å². The molecule has 0 N–H and O–H groups in total. The molecule has 2 aromatic rings. The Kier molecular flexibility index (Phi) is 3.33. The molecule has 20 heavy (non-hydrogen) atoms. The molecule has 3 rings (SSSR count). The Morgan fingerprint density at radius 3 is 2.75 bits per heavy atom. The largest absolute Gasteiger partial charge is 0.457 e. The summed E-state index contributed by atoms with van der Waals surface area (Å²) in [4.78, 5) is 0. The third kappa shape index (κ3) is 2.35. The number of nitriles is 1. The average Bonchev–Trinajstić information content (AvgIpc) is 2.92. The summed E-state index contributed by atoms with van der Waals surface area (Å²) >= 11 is 6.16. The maximum absolute atomic E-state index is 13.4. The molecule has 0 amide bonds. The highest BCUT2D eigenvalue weighted by Crippen LogP contribution is 2.37. The Labute approximate surface area is 121 Å². The molecule has 0 bridgehead atoms. The number of benzene rings is 2. The highest BCUT2D eigenvalue weighted by Gasteiger charge is 2.19. The minimum atomic E-state index is -0.482. The SMILES string of the molecule is N#Cc1cc(F)cc(Oc2ccc(Cl)c3c2CCC3)c1. The van der Waals surface area contributed by atoms with Crippen LogP contribution in [0.15, 0.2) is 30.3 Å². The van der Waals surface area contributed by atoms with Crippen molar-refractivity contribution in [2.24, 2.45) is 0 Å². The standard InChI is InChI=1S/C16H11ClFNO/c17-15-4-5-16(14-3-1-2-13(14)15)20-12-7-10(9-19)6-11(18)8-12/h4-8H,1-3H2. The molecule has 0 atom stereocenters. The van der Waals surface area contributed by atoms with E-state index in [2.05, 4.69) is 0 Å². The molecule has 2 aromatic carbocycles. The predicted molar refractivity (Wildman–Crippen MR) is 74.7 cm³/mol. The molecule has 0 fully saturated rings. The molecular weight excluding hydrogens is 277 g/mol. The van der Waals surface area contributed by atoms with Gasteiger partial charge in [-0.15, -0.1) is 0 Å². The number of halogens is 2. The van der Waals surface area contributed by atoms with Gasteiger partial charge in [-0.3, -0.25) is 0 Å². The van der Waals surface area contributed by atoms with Gasteiger partial charge in [0.1, 0.15) is 17.3 Å². The van der Waals surface area contributed by atoms with Crippen molar-refractivity contribution < 1.29 is 9.13 Å². The first-order valence-electron chi connectivity index (χ1n) is 6.36. The first-order chi connectivity index (χ1) is 9.67. The monoisotopic (exact) mass is 287 g/mol. The second kappa shape index (κ2) is 5.15. The number of rotatable bonds is 2. The Hall–Kier alpha value is -2.05. The van der Waals surface area contributed by atoms with Gasteiger partial charge in [-0.05, 0) is 54.7 Å². The van der Waals surface area contributed by atoms with E-state index in [1.54, 1.807) is 12.1 Å². The first kappa shape index (κ1) is 13.0. The van der Waals surface area contributed by atoms with Crippen molar-refractivity contribution in [3.8, 4) is 17.6 Å². The van der Waals surface area contributed by atoms with E-state index in [1.165, 1.54) is 18.2 Å². The van der Waals surface area contributed by atoms with Crippen molar-refractivity contribution in [2.75, 3.05) is 0 Å². The molecule has 0 aromatic heterocycles. The first-order valence-corrected chi connectivity index (χ1v) is 6.74. The van der Waals surface area contributed by atoms with Crippen molar-refractivity contribution in [1.29, 1.82) is 5.26 Å². The molecule has 2 nitrogen and oxygen atoms in total. The fourth-order valence-corrected chi connectivity index (χ4v) is 2.81. The summed E-state index contributed by atoms with van der Waals surface area (Å²) in [5, 5.41) is 9.61. The highest BCUT2D eigenvalue weighted by atomic mass is 35.5. The molecule has 4 heteroatoms. The molecule has 0 aliphatic heterocycles. The smallest absolute Gasteiger partial charge is 0.131 e. The molecule has 0 saturated carbocycles. The van der Waals surface area contributed by atoms with Crippen LogP contribution >= 0.6 is 11.6 Å². The zero-order valence-corrected chi connectivity index (χ0v) is 11.4. The van der Waals surface area contributed by atoms with Gasteiger partial charge in [0, 0.05) is 11.1 Å². The van der Waals surface area contributed by atoms with Crippen LogP contribution in [0.2, 0.25) is 5.02 Å². The minimum Gasteiger partial charge on any atom is -0.457 e. The summed E-state index contributed by atoms with van der Waals surface area (Å²) in [6, 6.07) is 9.49. The van der Waals surface area contributed by atoms with Crippen LogP contribution < -0.4 is 4.74 Å². The lowest BCUT2D eigenvalue weighted by atomic mass is 10.1. The zero-order chi connectivity index (χ0) is 14.1. The summed E-state index contributed by atoms with van der Waals surface area (Å²) in [6.45, 7) is 0. The van der Waals surface area contributed by atoms with Gasteiger partial charge in [0.05, 0.1) is 11.6 Å². The van der Waals surface area contributed by atoms with Crippen LogP contribution in [-0.4, -0.2) is 0 Å². The summed E-state index contributed by atoms with van der Waals surface area (Å²) in [5.74, 6) is 0.541. The summed E-state index contributed by atoms with van der Waals surface area (Å²) in [5.41, 5.74) is 2.44. The molecular formula is C16H11ClFNO. The number of fused-ring (bicyclic) bond motifs is 1. The van der Waals surface area contributed by atoms with Crippen LogP contribution in [0.25, 0.3) is 0 Å². The second-order valence-electron chi connectivity index (χ2n) is 4.75. The maximum atomic E-state index is 13.4. The van der Waals surface area contributed by atoms with E-state index in [-0.39, 0.29) is 5.56 Å². The van der Waals surface area contributed by atoms with Crippen molar-refractivity contribution >= 4 is 11.6 Å². The van der Waals surface area contributed by atoms with E-state index < -0.39 is 5.82 Å². The van der Waals surface area contributed by atoms with Crippen LogP contribution in [0.4, 0.5) is 4.39 Å². The van der Waals surface area contributed by atoms with Gasteiger partial charge in [-0.1, -0.05) is 11.6 Å². The van der Waals surface area contributed by atoms with E-state index in [0.29, 0.717) is 11.5 Å². The molecule has 0 saturated heterocycles. The number of nitrogens with zero attached hydrogens (tertiary/aromatic N) is 1. The van der Waals surface area contributed by atoms with Crippen molar-refractivity contribution in [1.82, 2.24) is 0 Å². The van der Waals surface area contributed by atoms with Crippen LogP contribution in [0.1, 0.15) is 23.1 Å². The topological polar surface area (TPSA) is 33.0 Å². The van der Waals surface area contributed by atoms with Gasteiger partial charge >= 0.3 is 0 Å². The highest BCUT2D eigenvalue weighted by molar-refractivity contribution is 6.31. The lowest BCUT2D eigenvalue weighted by Crippen LogP contribution is -1.93. The lowest BCUT2D eigenvalue weighted by molar-refractivity contribution is 0.471. The van der Waals surface area contributed by atoms with E-state index in [0.717, 1.165) is 35.4 Å². The van der Waals surface area contributed by atoms with Gasteiger partial charge in [0.15, 0.2) is 0 Å². The van der Waals surface area contributed by atoms with Crippen LogP contribution in [-0.2, 0) is 12.8 Å². The molecule has 100 valence electrons.